The van der Waals surface area contributed by atoms with E-state index in [1.54, 1.807) is 0 Å². The normalized spacial score (nSPS) is 13.1. The average Bonchev–Trinajstić information content (AvgIpc) is 2.46. The van der Waals surface area contributed by atoms with E-state index in [1.807, 2.05) is 31.0 Å². The van der Waals surface area contributed by atoms with Gasteiger partial charge in [0.2, 0.25) is 0 Å². The Morgan fingerprint density at radius 1 is 0.889 bits per heavy atom. The molecule has 1 aliphatic carbocycles. The van der Waals surface area contributed by atoms with E-state index in [-0.39, 0.29) is 0 Å². The van der Waals surface area contributed by atoms with Crippen molar-refractivity contribution < 1.29 is 0 Å². The summed E-state index contributed by atoms with van der Waals surface area (Å²) in [5.74, 6) is 0. The molecule has 0 amide bonds. The molecular weight excluding hydrogens is 222 g/mol. The Hall–Kier alpha value is -2.29. The Morgan fingerprint density at radius 3 is 2.78 bits per heavy atom. The standard InChI is InChI=1S/C15H11N3/c1-2-13-12-4-6-16-7-11(12)8-18-15(13)14-9-17-5-3-10(1)14/h3-9H,1-2H2. The lowest BCUT2D eigenvalue weighted by Crippen LogP contribution is -2.06. The maximum absolute atomic E-state index is 4.61. The van der Waals surface area contributed by atoms with Crippen molar-refractivity contribution in [3.05, 3.63) is 54.2 Å². The number of hydrogen-bond acceptors (Lipinski definition) is 3. The van der Waals surface area contributed by atoms with Gasteiger partial charge in [0, 0.05) is 41.9 Å². The fourth-order valence-corrected chi connectivity index (χ4v) is 2.72. The zero-order valence-electron chi connectivity index (χ0n) is 9.80. The van der Waals surface area contributed by atoms with Crippen LogP contribution in [0.4, 0.5) is 0 Å². The number of aromatic nitrogens is 3. The number of fused-ring (bicyclic) bond motifs is 5. The molecule has 0 unspecified atom stereocenters. The minimum Gasteiger partial charge on any atom is -0.264 e. The molecule has 3 heteroatoms. The summed E-state index contributed by atoms with van der Waals surface area (Å²) in [5.41, 5.74) is 4.94. The van der Waals surface area contributed by atoms with Crippen molar-refractivity contribution in [2.45, 2.75) is 12.8 Å². The van der Waals surface area contributed by atoms with Crippen molar-refractivity contribution in [1.29, 1.82) is 0 Å². The van der Waals surface area contributed by atoms with Crippen molar-refractivity contribution in [3.8, 4) is 11.3 Å². The molecule has 0 N–H and O–H groups in total. The zero-order chi connectivity index (χ0) is 11.9. The first-order chi connectivity index (χ1) is 8.93. The van der Waals surface area contributed by atoms with Crippen LogP contribution in [0.25, 0.3) is 22.0 Å². The van der Waals surface area contributed by atoms with Crippen LogP contribution in [0.15, 0.2) is 43.1 Å². The number of rotatable bonds is 0. The Morgan fingerprint density at radius 2 is 1.78 bits per heavy atom. The molecule has 0 spiro atoms. The predicted molar refractivity (Wildman–Crippen MR) is 70.2 cm³/mol. The van der Waals surface area contributed by atoms with Crippen molar-refractivity contribution in [1.82, 2.24) is 15.0 Å². The highest BCUT2D eigenvalue weighted by Gasteiger charge is 2.19. The Kier molecular flexibility index (Phi) is 1.94. The fourth-order valence-electron chi connectivity index (χ4n) is 2.72. The van der Waals surface area contributed by atoms with Crippen LogP contribution in [-0.4, -0.2) is 15.0 Å². The van der Waals surface area contributed by atoms with E-state index >= 15 is 0 Å². The van der Waals surface area contributed by atoms with Crippen molar-refractivity contribution in [2.75, 3.05) is 0 Å². The molecule has 3 heterocycles. The van der Waals surface area contributed by atoms with Gasteiger partial charge in [-0.1, -0.05) is 0 Å². The maximum atomic E-state index is 4.61. The molecule has 18 heavy (non-hydrogen) atoms. The van der Waals surface area contributed by atoms with Crippen LogP contribution in [0, 0.1) is 0 Å². The second-order valence-corrected chi connectivity index (χ2v) is 4.58. The van der Waals surface area contributed by atoms with Gasteiger partial charge in [-0.15, -0.1) is 0 Å². The van der Waals surface area contributed by atoms with E-state index in [0.29, 0.717) is 0 Å². The highest BCUT2D eigenvalue weighted by atomic mass is 14.7. The van der Waals surface area contributed by atoms with Gasteiger partial charge in [-0.05, 0) is 41.5 Å². The summed E-state index contributed by atoms with van der Waals surface area (Å²) in [6.45, 7) is 0. The minimum atomic E-state index is 1.04. The number of hydrogen-bond donors (Lipinski definition) is 0. The minimum absolute atomic E-state index is 1.04. The smallest absolute Gasteiger partial charge is 0.0758 e. The van der Waals surface area contributed by atoms with Gasteiger partial charge in [0.05, 0.1) is 5.69 Å². The zero-order valence-corrected chi connectivity index (χ0v) is 9.80. The van der Waals surface area contributed by atoms with Crippen molar-refractivity contribution in [2.24, 2.45) is 0 Å². The van der Waals surface area contributed by atoms with Gasteiger partial charge in [-0.25, -0.2) is 0 Å². The fraction of sp³-hybridized carbons (Fsp3) is 0.133. The van der Waals surface area contributed by atoms with Crippen LogP contribution in [0.5, 0.6) is 0 Å². The first-order valence-electron chi connectivity index (χ1n) is 6.08. The highest BCUT2D eigenvalue weighted by Crippen LogP contribution is 2.34. The third-order valence-corrected chi connectivity index (χ3v) is 3.61. The van der Waals surface area contributed by atoms with Crippen LogP contribution in [0.1, 0.15) is 11.1 Å². The number of pyridine rings is 3. The molecule has 4 rings (SSSR count). The summed E-state index contributed by atoms with van der Waals surface area (Å²) < 4.78 is 0. The monoisotopic (exact) mass is 233 g/mol. The van der Waals surface area contributed by atoms with Crippen molar-refractivity contribution >= 4 is 10.8 Å². The van der Waals surface area contributed by atoms with Crippen LogP contribution in [-0.2, 0) is 12.8 Å². The SMILES string of the molecule is c1cc2c(cn1)-c1ncc3cnccc3c1CC2. The summed E-state index contributed by atoms with van der Waals surface area (Å²) in [6, 6.07) is 4.17. The third-order valence-electron chi connectivity index (χ3n) is 3.61. The summed E-state index contributed by atoms with van der Waals surface area (Å²) in [5, 5.41) is 2.38. The first kappa shape index (κ1) is 9.71. The molecule has 3 aromatic rings. The molecule has 0 atom stereocenters. The molecule has 0 saturated heterocycles. The average molecular weight is 233 g/mol. The Bertz CT molecular complexity index is 750. The Balaban J connectivity index is 2.09. The van der Waals surface area contributed by atoms with Crippen LogP contribution < -0.4 is 0 Å². The summed E-state index contributed by atoms with van der Waals surface area (Å²) in [4.78, 5) is 13.0. The molecule has 0 saturated carbocycles. The lowest BCUT2D eigenvalue weighted by atomic mass is 9.88. The van der Waals surface area contributed by atoms with E-state index in [0.717, 1.165) is 23.9 Å². The second-order valence-electron chi connectivity index (χ2n) is 4.58. The van der Waals surface area contributed by atoms with E-state index < -0.39 is 0 Å². The summed E-state index contributed by atoms with van der Waals surface area (Å²) >= 11 is 0. The summed E-state index contributed by atoms with van der Waals surface area (Å²) in [7, 11) is 0. The van der Waals surface area contributed by atoms with Crippen LogP contribution >= 0.6 is 0 Å². The second kappa shape index (κ2) is 3.60. The lowest BCUT2D eigenvalue weighted by Gasteiger charge is -2.19. The predicted octanol–water partition coefficient (Wildman–Crippen LogP) is 2.79. The highest BCUT2D eigenvalue weighted by molar-refractivity contribution is 5.90. The van der Waals surface area contributed by atoms with E-state index in [1.165, 1.54) is 22.1 Å². The molecule has 0 radical (unpaired) electrons. The number of aryl methyl sites for hydroxylation is 2. The molecule has 0 aromatic carbocycles. The Labute approximate surface area is 105 Å². The summed E-state index contributed by atoms with van der Waals surface area (Å²) in [6.07, 6.45) is 11.5. The van der Waals surface area contributed by atoms with Crippen LogP contribution in [0.3, 0.4) is 0 Å². The van der Waals surface area contributed by atoms with Gasteiger partial charge in [-0.2, -0.15) is 0 Å². The molecule has 0 bridgehead atoms. The van der Waals surface area contributed by atoms with Gasteiger partial charge < -0.3 is 0 Å². The molecule has 3 nitrogen and oxygen atoms in total. The topological polar surface area (TPSA) is 38.7 Å². The largest absolute Gasteiger partial charge is 0.264 e. The van der Waals surface area contributed by atoms with Gasteiger partial charge >= 0.3 is 0 Å². The molecular formula is C15H11N3. The maximum Gasteiger partial charge on any atom is 0.0758 e. The van der Waals surface area contributed by atoms with E-state index in [4.69, 9.17) is 0 Å². The lowest BCUT2D eigenvalue weighted by molar-refractivity contribution is 0.931. The van der Waals surface area contributed by atoms with E-state index in [9.17, 15) is 0 Å². The third kappa shape index (κ3) is 1.27. The molecule has 86 valence electrons. The van der Waals surface area contributed by atoms with Gasteiger partial charge in [-0.3, -0.25) is 15.0 Å². The number of nitrogens with zero attached hydrogens (tertiary/aromatic N) is 3. The van der Waals surface area contributed by atoms with Crippen molar-refractivity contribution in [3.63, 3.8) is 0 Å². The molecule has 0 fully saturated rings. The van der Waals surface area contributed by atoms with Gasteiger partial charge in [0.15, 0.2) is 0 Å². The van der Waals surface area contributed by atoms with Crippen LogP contribution in [0.2, 0.25) is 0 Å². The molecule has 3 aromatic heterocycles. The van der Waals surface area contributed by atoms with Gasteiger partial charge in [0.1, 0.15) is 0 Å². The molecule has 0 aliphatic heterocycles. The first-order valence-corrected chi connectivity index (χ1v) is 6.08. The quantitative estimate of drug-likeness (QED) is 0.599. The van der Waals surface area contributed by atoms with Gasteiger partial charge in [0.25, 0.3) is 0 Å². The van der Waals surface area contributed by atoms with E-state index in [2.05, 4.69) is 27.1 Å². The molecule has 1 aliphatic rings.